The van der Waals surface area contributed by atoms with Crippen LogP contribution in [0.5, 0.6) is 0 Å². The second-order valence-corrected chi connectivity index (χ2v) is 6.87. The second kappa shape index (κ2) is 7.33. The van der Waals surface area contributed by atoms with Crippen LogP contribution >= 0.6 is 0 Å². The van der Waals surface area contributed by atoms with Crippen LogP contribution in [-0.4, -0.2) is 77.0 Å². The molecule has 3 rings (SSSR count). The molecule has 140 valence electrons. The summed E-state index contributed by atoms with van der Waals surface area (Å²) in [5.41, 5.74) is 0.363. The van der Waals surface area contributed by atoms with Crippen LogP contribution in [0.15, 0.2) is 12.3 Å². The van der Waals surface area contributed by atoms with Gasteiger partial charge in [0.25, 0.3) is 5.91 Å². The molecule has 0 aliphatic carbocycles. The average Bonchev–Trinajstić information content (AvgIpc) is 3.06. The summed E-state index contributed by atoms with van der Waals surface area (Å²) in [4.78, 5) is 15.6. The number of rotatable bonds is 3. The van der Waals surface area contributed by atoms with Crippen LogP contribution in [0.4, 0.5) is 13.2 Å². The lowest BCUT2D eigenvalue weighted by molar-refractivity contribution is -0.153. The van der Waals surface area contributed by atoms with Crippen LogP contribution in [0.1, 0.15) is 36.3 Å². The highest BCUT2D eigenvalue weighted by Gasteiger charge is 2.36. The lowest BCUT2D eigenvalue weighted by atomic mass is 10.1. The molecule has 2 aliphatic rings. The number of alkyl halides is 3. The van der Waals surface area contributed by atoms with Gasteiger partial charge in [-0.2, -0.15) is 18.3 Å². The van der Waals surface area contributed by atoms with E-state index in [9.17, 15) is 18.0 Å². The Labute approximate surface area is 144 Å². The first-order valence-electron chi connectivity index (χ1n) is 8.69. The highest BCUT2D eigenvalue weighted by Crippen LogP contribution is 2.21. The third-order valence-corrected chi connectivity index (χ3v) is 4.91. The molecular formula is C16H24F3N5O. The van der Waals surface area contributed by atoms with Crippen LogP contribution in [0, 0.1) is 0 Å². The van der Waals surface area contributed by atoms with Crippen molar-refractivity contribution in [1.82, 2.24) is 24.9 Å². The lowest BCUT2D eigenvalue weighted by Crippen LogP contribution is -2.55. The van der Waals surface area contributed by atoms with Gasteiger partial charge >= 0.3 is 6.18 Å². The van der Waals surface area contributed by atoms with Gasteiger partial charge in [-0.15, -0.1) is 0 Å². The van der Waals surface area contributed by atoms with Gasteiger partial charge in [-0.1, -0.05) is 0 Å². The molecular weight excluding hydrogens is 335 g/mol. The summed E-state index contributed by atoms with van der Waals surface area (Å²) in [6, 6.07) is 1.62. The van der Waals surface area contributed by atoms with Crippen LogP contribution in [0.25, 0.3) is 0 Å². The predicted octanol–water partition coefficient (Wildman–Crippen LogP) is 1.52. The van der Waals surface area contributed by atoms with Gasteiger partial charge in [0.05, 0.1) is 12.6 Å². The smallest absolute Gasteiger partial charge is 0.334 e. The molecule has 1 aromatic heterocycles. The maximum atomic E-state index is 12.6. The van der Waals surface area contributed by atoms with Crippen molar-refractivity contribution < 1.29 is 18.0 Å². The van der Waals surface area contributed by atoms with Crippen molar-refractivity contribution >= 4 is 5.91 Å². The number of piperazine rings is 1. The fourth-order valence-electron chi connectivity index (χ4n) is 3.52. The van der Waals surface area contributed by atoms with E-state index in [4.69, 9.17) is 0 Å². The topological polar surface area (TPSA) is 53.4 Å². The lowest BCUT2D eigenvalue weighted by Gasteiger charge is -2.39. The monoisotopic (exact) mass is 359 g/mol. The van der Waals surface area contributed by atoms with E-state index in [1.165, 1.54) is 4.90 Å². The van der Waals surface area contributed by atoms with E-state index >= 15 is 0 Å². The largest absolute Gasteiger partial charge is 0.401 e. The zero-order valence-corrected chi connectivity index (χ0v) is 14.3. The molecule has 9 heteroatoms. The van der Waals surface area contributed by atoms with Gasteiger partial charge in [0.1, 0.15) is 5.69 Å². The third-order valence-electron chi connectivity index (χ3n) is 4.91. The van der Waals surface area contributed by atoms with E-state index in [1.807, 2.05) is 10.9 Å². The Balaban J connectivity index is 1.59. The molecule has 2 saturated heterocycles. The van der Waals surface area contributed by atoms with E-state index in [0.29, 0.717) is 5.69 Å². The van der Waals surface area contributed by atoms with Gasteiger partial charge in [0, 0.05) is 38.4 Å². The second-order valence-electron chi connectivity index (χ2n) is 6.87. The van der Waals surface area contributed by atoms with Gasteiger partial charge in [0.2, 0.25) is 0 Å². The Morgan fingerprint density at radius 2 is 2.20 bits per heavy atom. The summed E-state index contributed by atoms with van der Waals surface area (Å²) in [5.74, 6) is -0.207. The highest BCUT2D eigenvalue weighted by atomic mass is 19.4. The summed E-state index contributed by atoms with van der Waals surface area (Å²) in [6.07, 6.45) is -0.302. The molecule has 3 heterocycles. The van der Waals surface area contributed by atoms with Crippen molar-refractivity contribution in [3.63, 3.8) is 0 Å². The Kier molecular flexibility index (Phi) is 5.33. The van der Waals surface area contributed by atoms with E-state index in [0.717, 1.165) is 25.9 Å². The molecule has 0 radical (unpaired) electrons. The van der Waals surface area contributed by atoms with E-state index in [2.05, 4.69) is 10.4 Å². The standard InChI is InChI=1S/C16H24F3N5O/c1-12-10-22(7-8-23(12)11-16(17,18)19)15(25)14-4-6-24(21-14)13-3-2-5-20-9-13/h4,6,12-13,20H,2-3,5,7-11H2,1H3. The fourth-order valence-corrected chi connectivity index (χ4v) is 3.52. The molecule has 2 atom stereocenters. The predicted molar refractivity (Wildman–Crippen MR) is 86.4 cm³/mol. The molecule has 6 nitrogen and oxygen atoms in total. The molecule has 1 amide bonds. The minimum Gasteiger partial charge on any atom is -0.334 e. The van der Waals surface area contributed by atoms with Crippen molar-refractivity contribution in [2.45, 2.75) is 38.0 Å². The zero-order chi connectivity index (χ0) is 18.0. The van der Waals surface area contributed by atoms with Crippen LogP contribution in [0.3, 0.4) is 0 Å². The van der Waals surface area contributed by atoms with Crippen molar-refractivity contribution in [3.05, 3.63) is 18.0 Å². The van der Waals surface area contributed by atoms with Crippen LogP contribution in [-0.2, 0) is 0 Å². The van der Waals surface area contributed by atoms with Crippen LogP contribution < -0.4 is 5.32 Å². The molecule has 1 aromatic rings. The quantitative estimate of drug-likeness (QED) is 0.889. The fraction of sp³-hybridized carbons (Fsp3) is 0.750. The van der Waals surface area contributed by atoms with Gasteiger partial charge in [0.15, 0.2) is 0 Å². The Morgan fingerprint density at radius 3 is 2.84 bits per heavy atom. The zero-order valence-electron chi connectivity index (χ0n) is 14.3. The molecule has 2 aliphatic heterocycles. The van der Waals surface area contributed by atoms with E-state index in [-0.39, 0.29) is 37.6 Å². The molecule has 0 saturated carbocycles. The number of hydrogen-bond acceptors (Lipinski definition) is 4. The summed E-state index contributed by atoms with van der Waals surface area (Å²) < 4.78 is 39.5. The first-order valence-corrected chi connectivity index (χ1v) is 8.69. The molecule has 1 N–H and O–H groups in total. The number of nitrogens with zero attached hydrogens (tertiary/aromatic N) is 4. The molecule has 0 spiro atoms. The summed E-state index contributed by atoms with van der Waals surface area (Å²) in [7, 11) is 0. The summed E-state index contributed by atoms with van der Waals surface area (Å²) >= 11 is 0. The first-order chi connectivity index (χ1) is 11.8. The first kappa shape index (κ1) is 18.2. The summed E-state index contributed by atoms with van der Waals surface area (Å²) in [5, 5.41) is 7.72. The third kappa shape index (κ3) is 4.52. The van der Waals surface area contributed by atoms with Crippen molar-refractivity contribution in [3.8, 4) is 0 Å². The number of aromatic nitrogens is 2. The average molecular weight is 359 g/mol. The number of nitrogens with one attached hydrogen (secondary N) is 1. The number of carbonyl (C=O) groups excluding carboxylic acids is 1. The van der Waals surface area contributed by atoms with Gasteiger partial charge in [-0.05, 0) is 32.4 Å². The molecule has 25 heavy (non-hydrogen) atoms. The van der Waals surface area contributed by atoms with E-state index < -0.39 is 12.7 Å². The number of piperidine rings is 1. The Hall–Kier alpha value is -1.61. The number of halogens is 3. The number of amides is 1. The summed E-state index contributed by atoms with van der Waals surface area (Å²) in [6.45, 7) is 3.42. The maximum absolute atomic E-state index is 12.6. The maximum Gasteiger partial charge on any atom is 0.401 e. The highest BCUT2D eigenvalue weighted by molar-refractivity contribution is 5.92. The SMILES string of the molecule is CC1CN(C(=O)c2ccn(C3CCCNC3)n2)CCN1CC(F)(F)F. The Bertz CT molecular complexity index is 597. The van der Waals surface area contributed by atoms with E-state index in [1.54, 1.807) is 17.9 Å². The Morgan fingerprint density at radius 1 is 1.40 bits per heavy atom. The number of hydrogen-bond donors (Lipinski definition) is 1. The van der Waals surface area contributed by atoms with Gasteiger partial charge in [-0.25, -0.2) is 0 Å². The molecule has 0 aromatic carbocycles. The normalized spacial score (nSPS) is 26.0. The van der Waals surface area contributed by atoms with Crippen molar-refractivity contribution in [2.24, 2.45) is 0 Å². The minimum atomic E-state index is -4.22. The minimum absolute atomic E-state index is 0.207. The van der Waals surface area contributed by atoms with Gasteiger partial charge < -0.3 is 10.2 Å². The molecule has 2 fully saturated rings. The molecule has 0 bridgehead atoms. The van der Waals surface area contributed by atoms with Crippen LogP contribution in [0.2, 0.25) is 0 Å². The van der Waals surface area contributed by atoms with Crippen molar-refractivity contribution in [2.75, 3.05) is 39.3 Å². The van der Waals surface area contributed by atoms with Crippen molar-refractivity contribution in [1.29, 1.82) is 0 Å². The number of carbonyl (C=O) groups is 1. The van der Waals surface area contributed by atoms with Gasteiger partial charge in [-0.3, -0.25) is 14.4 Å². The molecule has 2 unspecified atom stereocenters.